The number of nitrogens with zero attached hydrogens (tertiary/aromatic N) is 3. The van der Waals surface area contributed by atoms with Crippen LogP contribution in [0.2, 0.25) is 0 Å². The van der Waals surface area contributed by atoms with E-state index in [0.717, 1.165) is 34.6 Å². The van der Waals surface area contributed by atoms with Crippen molar-refractivity contribution in [3.05, 3.63) is 83.3 Å². The zero-order chi connectivity index (χ0) is 21.0. The van der Waals surface area contributed by atoms with Gasteiger partial charge in [-0.25, -0.2) is 9.37 Å². The van der Waals surface area contributed by atoms with E-state index in [1.54, 1.807) is 6.20 Å². The molecule has 0 aliphatic carbocycles. The normalized spacial score (nSPS) is 14.9. The predicted molar refractivity (Wildman–Crippen MR) is 121 cm³/mol. The summed E-state index contributed by atoms with van der Waals surface area (Å²) in [6.45, 7) is 9.62. The molecule has 0 bridgehead atoms. The number of aromatic nitrogens is 2. The second kappa shape index (κ2) is 6.63. The molecule has 2 aromatic carbocycles. The number of fused-ring (bicyclic) bond motifs is 2. The van der Waals surface area contributed by atoms with E-state index < -0.39 is 0 Å². The summed E-state index contributed by atoms with van der Waals surface area (Å²) in [5.41, 5.74) is 8.16. The molecule has 0 saturated heterocycles. The van der Waals surface area contributed by atoms with E-state index in [2.05, 4.69) is 55.8 Å². The van der Waals surface area contributed by atoms with Gasteiger partial charge in [-0.2, -0.15) is 0 Å². The molecule has 0 unspecified atom stereocenters. The molecule has 150 valence electrons. The van der Waals surface area contributed by atoms with Crippen molar-refractivity contribution in [1.29, 1.82) is 0 Å². The highest BCUT2D eigenvalue weighted by Crippen LogP contribution is 2.48. The lowest BCUT2D eigenvalue weighted by Gasteiger charge is -2.27. The SMILES string of the molecule is Cc1ccc2c(c1)N(c1c(C)c(-c3ccccn3)nc3cc(F)ccc13)CC2(C)C. The molecule has 1 aliphatic heterocycles. The highest BCUT2D eigenvalue weighted by Gasteiger charge is 2.37. The van der Waals surface area contributed by atoms with E-state index in [-0.39, 0.29) is 11.2 Å². The molecule has 5 rings (SSSR count). The fraction of sp³-hybridized carbons (Fsp3) is 0.231. The quantitative estimate of drug-likeness (QED) is 0.387. The first-order valence-corrected chi connectivity index (χ1v) is 10.2. The average molecular weight is 397 g/mol. The lowest BCUT2D eigenvalue weighted by molar-refractivity contribution is 0.569. The molecule has 0 spiro atoms. The van der Waals surface area contributed by atoms with Gasteiger partial charge in [-0.15, -0.1) is 0 Å². The minimum atomic E-state index is -0.283. The monoisotopic (exact) mass is 397 g/mol. The van der Waals surface area contributed by atoms with E-state index in [4.69, 9.17) is 4.98 Å². The molecule has 0 N–H and O–H groups in total. The molecule has 4 heteroatoms. The van der Waals surface area contributed by atoms with Crippen molar-refractivity contribution in [1.82, 2.24) is 9.97 Å². The van der Waals surface area contributed by atoms with E-state index in [1.807, 2.05) is 24.3 Å². The van der Waals surface area contributed by atoms with Gasteiger partial charge in [0, 0.05) is 40.9 Å². The first-order valence-electron chi connectivity index (χ1n) is 10.2. The van der Waals surface area contributed by atoms with Crippen LogP contribution in [0, 0.1) is 19.7 Å². The third kappa shape index (κ3) is 2.86. The molecule has 1 aliphatic rings. The van der Waals surface area contributed by atoms with Crippen LogP contribution < -0.4 is 4.90 Å². The summed E-state index contributed by atoms with van der Waals surface area (Å²) in [7, 11) is 0. The third-order valence-corrected chi connectivity index (χ3v) is 6.06. The van der Waals surface area contributed by atoms with Gasteiger partial charge in [0.2, 0.25) is 0 Å². The summed E-state index contributed by atoms with van der Waals surface area (Å²) in [5, 5.41) is 0.957. The Labute approximate surface area is 176 Å². The van der Waals surface area contributed by atoms with E-state index in [0.29, 0.717) is 5.52 Å². The van der Waals surface area contributed by atoms with Gasteiger partial charge in [0.15, 0.2) is 0 Å². The Bertz CT molecular complexity index is 1280. The molecule has 30 heavy (non-hydrogen) atoms. The Balaban J connectivity index is 1.84. The molecule has 0 saturated carbocycles. The Morgan fingerprint density at radius 3 is 2.60 bits per heavy atom. The van der Waals surface area contributed by atoms with E-state index in [1.165, 1.54) is 28.9 Å². The van der Waals surface area contributed by atoms with Crippen molar-refractivity contribution in [3.63, 3.8) is 0 Å². The summed E-state index contributed by atoms with van der Waals surface area (Å²) in [6.07, 6.45) is 1.77. The largest absolute Gasteiger partial charge is 0.340 e. The molecule has 2 aromatic heterocycles. The molecular formula is C26H24FN3. The first kappa shape index (κ1) is 18.7. The lowest BCUT2D eigenvalue weighted by atomic mass is 9.87. The van der Waals surface area contributed by atoms with Crippen LogP contribution in [0.5, 0.6) is 0 Å². The third-order valence-electron chi connectivity index (χ3n) is 6.06. The van der Waals surface area contributed by atoms with Gasteiger partial charge in [0.05, 0.1) is 22.6 Å². The molecule has 4 aromatic rings. The topological polar surface area (TPSA) is 29.0 Å². The molecule has 0 fully saturated rings. The zero-order valence-corrected chi connectivity index (χ0v) is 17.7. The number of hydrogen-bond acceptors (Lipinski definition) is 3. The minimum absolute atomic E-state index is 0.0102. The number of pyridine rings is 2. The fourth-order valence-corrected chi connectivity index (χ4v) is 4.62. The predicted octanol–water partition coefficient (Wildman–Crippen LogP) is 6.48. The number of rotatable bonds is 2. The summed E-state index contributed by atoms with van der Waals surface area (Å²) >= 11 is 0. The summed E-state index contributed by atoms with van der Waals surface area (Å²) in [4.78, 5) is 11.7. The van der Waals surface area contributed by atoms with Crippen LogP contribution in [0.1, 0.15) is 30.5 Å². The van der Waals surface area contributed by atoms with Gasteiger partial charge in [0.1, 0.15) is 5.82 Å². The van der Waals surface area contributed by atoms with Crippen molar-refractivity contribution >= 4 is 22.3 Å². The average Bonchev–Trinajstić information content (AvgIpc) is 2.98. The second-order valence-corrected chi connectivity index (χ2v) is 8.80. The molecule has 3 heterocycles. The number of hydrogen-bond donors (Lipinski definition) is 0. The van der Waals surface area contributed by atoms with Gasteiger partial charge in [-0.05, 0) is 55.3 Å². The molecule has 0 atom stereocenters. The molecule has 0 amide bonds. The van der Waals surface area contributed by atoms with Crippen LogP contribution in [-0.2, 0) is 5.41 Å². The van der Waals surface area contributed by atoms with Gasteiger partial charge < -0.3 is 4.90 Å². The molecular weight excluding hydrogens is 373 g/mol. The second-order valence-electron chi connectivity index (χ2n) is 8.80. The first-order chi connectivity index (χ1) is 14.3. The Hall–Kier alpha value is -3.27. The molecule has 3 nitrogen and oxygen atoms in total. The van der Waals surface area contributed by atoms with Gasteiger partial charge >= 0.3 is 0 Å². The van der Waals surface area contributed by atoms with E-state index >= 15 is 0 Å². The fourth-order valence-electron chi connectivity index (χ4n) is 4.62. The van der Waals surface area contributed by atoms with Crippen LogP contribution in [0.3, 0.4) is 0 Å². The van der Waals surface area contributed by atoms with Crippen LogP contribution in [0.15, 0.2) is 60.8 Å². The van der Waals surface area contributed by atoms with Crippen molar-refractivity contribution in [3.8, 4) is 11.4 Å². The number of halogens is 1. The maximum atomic E-state index is 14.1. The van der Waals surface area contributed by atoms with E-state index in [9.17, 15) is 4.39 Å². The van der Waals surface area contributed by atoms with Crippen molar-refractivity contribution in [2.24, 2.45) is 0 Å². The van der Waals surface area contributed by atoms with Crippen LogP contribution in [0.25, 0.3) is 22.3 Å². The number of benzene rings is 2. The highest BCUT2D eigenvalue weighted by molar-refractivity contribution is 5.99. The Morgan fingerprint density at radius 1 is 1.00 bits per heavy atom. The smallest absolute Gasteiger partial charge is 0.125 e. The summed E-state index contributed by atoms with van der Waals surface area (Å²) in [6, 6.07) is 17.4. The lowest BCUT2D eigenvalue weighted by Crippen LogP contribution is -2.25. The number of aryl methyl sites for hydroxylation is 1. The summed E-state index contributed by atoms with van der Waals surface area (Å²) < 4.78 is 14.1. The van der Waals surface area contributed by atoms with Crippen LogP contribution in [-0.4, -0.2) is 16.5 Å². The number of anilines is 2. The minimum Gasteiger partial charge on any atom is -0.340 e. The Morgan fingerprint density at radius 2 is 1.83 bits per heavy atom. The van der Waals surface area contributed by atoms with Crippen molar-refractivity contribution in [2.75, 3.05) is 11.4 Å². The van der Waals surface area contributed by atoms with Crippen LogP contribution in [0.4, 0.5) is 15.8 Å². The maximum Gasteiger partial charge on any atom is 0.125 e. The van der Waals surface area contributed by atoms with Crippen molar-refractivity contribution < 1.29 is 4.39 Å². The zero-order valence-electron chi connectivity index (χ0n) is 17.7. The van der Waals surface area contributed by atoms with Gasteiger partial charge in [-0.3, -0.25) is 4.98 Å². The maximum absolute atomic E-state index is 14.1. The standard InChI is InChI=1S/C26H24FN3/c1-16-8-11-20-23(13-16)30(15-26(20,3)4)25-17(2)24(21-7-5-6-12-28-21)29-22-14-18(27)9-10-19(22)25/h5-14H,15H2,1-4H3. The van der Waals surface area contributed by atoms with Gasteiger partial charge in [0.25, 0.3) is 0 Å². The summed E-state index contributed by atoms with van der Waals surface area (Å²) in [5.74, 6) is -0.283. The van der Waals surface area contributed by atoms with Crippen molar-refractivity contribution in [2.45, 2.75) is 33.1 Å². The van der Waals surface area contributed by atoms with Crippen LogP contribution >= 0.6 is 0 Å². The Kier molecular flexibility index (Phi) is 4.14. The highest BCUT2D eigenvalue weighted by atomic mass is 19.1. The molecule has 0 radical (unpaired) electrons. The van der Waals surface area contributed by atoms with Gasteiger partial charge in [-0.1, -0.05) is 32.0 Å².